The van der Waals surface area contributed by atoms with E-state index < -0.39 is 0 Å². The molecule has 2 rings (SSSR count). The summed E-state index contributed by atoms with van der Waals surface area (Å²) >= 11 is 0. The molecule has 0 spiro atoms. The highest BCUT2D eigenvalue weighted by Gasteiger charge is 2.10. The van der Waals surface area contributed by atoms with Crippen molar-refractivity contribution in [1.82, 2.24) is 9.78 Å². The van der Waals surface area contributed by atoms with Crippen LogP contribution in [0, 0.1) is 0 Å². The molecule has 4 nitrogen and oxygen atoms in total. The Morgan fingerprint density at radius 1 is 1.26 bits per heavy atom. The number of benzene rings is 1. The van der Waals surface area contributed by atoms with Gasteiger partial charge in [-0.3, -0.25) is 4.68 Å². The largest absolute Gasteiger partial charge is 0.399 e. The lowest BCUT2D eigenvalue weighted by Crippen LogP contribution is -2.23. The van der Waals surface area contributed by atoms with Crippen molar-refractivity contribution < 1.29 is 0 Å². The third kappa shape index (κ3) is 3.08. The van der Waals surface area contributed by atoms with Crippen molar-refractivity contribution in [3.8, 4) is 0 Å². The summed E-state index contributed by atoms with van der Waals surface area (Å²) in [4.78, 5) is 2.30. The molecule has 0 saturated heterocycles. The lowest BCUT2D eigenvalue weighted by molar-refractivity contribution is 0.678. The molecule has 0 bridgehead atoms. The predicted molar refractivity (Wildman–Crippen MR) is 80.2 cm³/mol. The Hall–Kier alpha value is -1.97. The minimum atomic E-state index is 0.801. The van der Waals surface area contributed by atoms with E-state index in [0.717, 1.165) is 36.6 Å². The molecule has 102 valence electrons. The summed E-state index contributed by atoms with van der Waals surface area (Å²) in [6.07, 6.45) is 0.970. The molecule has 0 saturated carbocycles. The minimum absolute atomic E-state index is 0.801. The van der Waals surface area contributed by atoms with Crippen LogP contribution in [-0.4, -0.2) is 16.3 Å². The van der Waals surface area contributed by atoms with Gasteiger partial charge >= 0.3 is 0 Å². The monoisotopic (exact) mass is 258 g/mol. The average Bonchev–Trinajstić information content (AvgIpc) is 2.76. The fourth-order valence-corrected chi connectivity index (χ4v) is 2.19. The molecule has 0 atom stereocenters. The van der Waals surface area contributed by atoms with Crippen LogP contribution in [0.4, 0.5) is 11.4 Å². The van der Waals surface area contributed by atoms with Gasteiger partial charge in [0.15, 0.2) is 0 Å². The zero-order valence-electron chi connectivity index (χ0n) is 11.9. The summed E-state index contributed by atoms with van der Waals surface area (Å²) < 4.78 is 1.97. The van der Waals surface area contributed by atoms with Crippen molar-refractivity contribution >= 4 is 11.4 Å². The van der Waals surface area contributed by atoms with Crippen molar-refractivity contribution in [3.63, 3.8) is 0 Å². The molecule has 4 heteroatoms. The quantitative estimate of drug-likeness (QED) is 0.839. The van der Waals surface area contributed by atoms with E-state index in [1.165, 1.54) is 5.69 Å². The maximum Gasteiger partial charge on any atom is 0.0625 e. The second kappa shape index (κ2) is 5.78. The van der Waals surface area contributed by atoms with Crippen LogP contribution in [-0.2, 0) is 20.0 Å². The lowest BCUT2D eigenvalue weighted by atomic mass is 10.2. The molecule has 2 aromatic rings. The fourth-order valence-electron chi connectivity index (χ4n) is 2.19. The van der Waals surface area contributed by atoms with E-state index in [2.05, 4.69) is 36.0 Å². The van der Waals surface area contributed by atoms with Gasteiger partial charge in [-0.15, -0.1) is 0 Å². The topological polar surface area (TPSA) is 47.1 Å². The second-order valence-corrected chi connectivity index (χ2v) is 4.71. The van der Waals surface area contributed by atoms with E-state index in [1.54, 1.807) is 0 Å². The van der Waals surface area contributed by atoms with Gasteiger partial charge in [0.2, 0.25) is 0 Å². The smallest absolute Gasteiger partial charge is 0.0625 e. The summed E-state index contributed by atoms with van der Waals surface area (Å²) in [7, 11) is 2.00. The van der Waals surface area contributed by atoms with Crippen LogP contribution in [0.15, 0.2) is 30.3 Å². The fraction of sp³-hybridized carbons (Fsp3) is 0.400. The van der Waals surface area contributed by atoms with Gasteiger partial charge in [-0.2, -0.15) is 5.10 Å². The molecule has 1 aromatic heterocycles. The second-order valence-electron chi connectivity index (χ2n) is 4.71. The van der Waals surface area contributed by atoms with Crippen molar-refractivity contribution in [2.75, 3.05) is 17.2 Å². The minimum Gasteiger partial charge on any atom is -0.399 e. The van der Waals surface area contributed by atoms with Crippen LogP contribution in [0.1, 0.15) is 25.2 Å². The Kier molecular flexibility index (Phi) is 4.10. The van der Waals surface area contributed by atoms with E-state index in [4.69, 9.17) is 5.73 Å². The van der Waals surface area contributed by atoms with Crippen LogP contribution < -0.4 is 10.6 Å². The van der Waals surface area contributed by atoms with Crippen LogP contribution in [0.2, 0.25) is 0 Å². The van der Waals surface area contributed by atoms with Crippen molar-refractivity contribution in [2.45, 2.75) is 26.8 Å². The number of nitrogens with two attached hydrogens (primary N) is 1. The highest BCUT2D eigenvalue weighted by molar-refractivity contribution is 5.55. The van der Waals surface area contributed by atoms with E-state index in [-0.39, 0.29) is 0 Å². The molecule has 1 heterocycles. The van der Waals surface area contributed by atoms with Gasteiger partial charge in [-0.25, -0.2) is 0 Å². The van der Waals surface area contributed by atoms with Gasteiger partial charge in [0, 0.05) is 25.0 Å². The molecule has 19 heavy (non-hydrogen) atoms. The number of hydrogen-bond donors (Lipinski definition) is 1. The summed E-state index contributed by atoms with van der Waals surface area (Å²) in [6, 6.07) is 10.2. The zero-order valence-corrected chi connectivity index (χ0v) is 11.9. The summed E-state index contributed by atoms with van der Waals surface area (Å²) in [5.41, 5.74) is 10.2. The molecular weight excluding hydrogens is 236 g/mol. The van der Waals surface area contributed by atoms with Crippen molar-refractivity contribution in [1.29, 1.82) is 0 Å². The summed E-state index contributed by atoms with van der Waals surface area (Å²) in [5, 5.41) is 4.49. The number of hydrogen-bond acceptors (Lipinski definition) is 3. The van der Waals surface area contributed by atoms with Crippen molar-refractivity contribution in [2.24, 2.45) is 7.05 Å². The molecule has 0 aliphatic carbocycles. The third-order valence-electron chi connectivity index (χ3n) is 3.36. The number of anilines is 2. The molecule has 0 unspecified atom stereocenters. The first-order valence-electron chi connectivity index (χ1n) is 6.76. The van der Waals surface area contributed by atoms with Gasteiger partial charge < -0.3 is 10.6 Å². The Morgan fingerprint density at radius 2 is 2.05 bits per heavy atom. The van der Waals surface area contributed by atoms with E-state index in [1.807, 2.05) is 29.9 Å². The molecule has 2 N–H and O–H groups in total. The normalized spacial score (nSPS) is 10.7. The summed E-state index contributed by atoms with van der Waals surface area (Å²) in [6.45, 7) is 6.07. The van der Waals surface area contributed by atoms with Gasteiger partial charge in [-0.05, 0) is 37.6 Å². The van der Waals surface area contributed by atoms with Gasteiger partial charge in [0.1, 0.15) is 0 Å². The highest BCUT2D eigenvalue weighted by atomic mass is 15.3. The van der Waals surface area contributed by atoms with Crippen LogP contribution in [0.25, 0.3) is 0 Å². The van der Waals surface area contributed by atoms with E-state index in [0.29, 0.717) is 0 Å². The van der Waals surface area contributed by atoms with Crippen LogP contribution in [0.5, 0.6) is 0 Å². The molecule has 0 radical (unpaired) electrons. The first kappa shape index (κ1) is 13.5. The summed E-state index contributed by atoms with van der Waals surface area (Å²) in [5.74, 6) is 0. The number of aromatic nitrogens is 2. The van der Waals surface area contributed by atoms with Crippen molar-refractivity contribution in [3.05, 3.63) is 41.7 Å². The lowest BCUT2D eigenvalue weighted by Gasteiger charge is -2.23. The van der Waals surface area contributed by atoms with Crippen LogP contribution in [0.3, 0.4) is 0 Å². The Morgan fingerprint density at radius 3 is 2.63 bits per heavy atom. The Balaban J connectivity index is 2.21. The van der Waals surface area contributed by atoms with Crippen LogP contribution >= 0.6 is 0 Å². The predicted octanol–water partition coefficient (Wildman–Crippen LogP) is 2.59. The first-order valence-corrected chi connectivity index (χ1v) is 6.76. The average molecular weight is 258 g/mol. The van der Waals surface area contributed by atoms with E-state index in [9.17, 15) is 0 Å². The number of aryl methyl sites for hydroxylation is 2. The Bertz CT molecular complexity index is 545. The maximum atomic E-state index is 5.86. The third-order valence-corrected chi connectivity index (χ3v) is 3.36. The molecule has 1 aromatic carbocycles. The standard InChI is InChI=1S/C15H22N4/c1-4-13-10-15(18(3)17-13)11-19(5-2)14-8-6-7-12(16)9-14/h6-10H,4-5,11,16H2,1-3H3. The molecule has 0 fully saturated rings. The molecule has 0 aliphatic heterocycles. The number of nitrogens with zero attached hydrogens (tertiary/aromatic N) is 3. The molecular formula is C15H22N4. The van der Waals surface area contributed by atoms with E-state index >= 15 is 0 Å². The zero-order chi connectivity index (χ0) is 13.8. The SMILES string of the molecule is CCc1cc(CN(CC)c2cccc(N)c2)n(C)n1. The van der Waals surface area contributed by atoms with Gasteiger partial charge in [0.05, 0.1) is 17.9 Å². The number of rotatable bonds is 5. The Labute approximate surface area is 114 Å². The first-order chi connectivity index (χ1) is 9.13. The highest BCUT2D eigenvalue weighted by Crippen LogP contribution is 2.20. The molecule has 0 amide bonds. The van der Waals surface area contributed by atoms with Gasteiger partial charge in [0.25, 0.3) is 0 Å². The number of nitrogen functional groups attached to an aromatic ring is 1. The maximum absolute atomic E-state index is 5.86. The van der Waals surface area contributed by atoms with Gasteiger partial charge in [-0.1, -0.05) is 13.0 Å². The molecule has 0 aliphatic rings.